The van der Waals surface area contributed by atoms with Crippen molar-refractivity contribution < 1.29 is 4.79 Å². The maximum absolute atomic E-state index is 12.3. The molecule has 5 nitrogen and oxygen atoms in total. The van der Waals surface area contributed by atoms with Crippen molar-refractivity contribution in [3.05, 3.63) is 18.5 Å². The maximum Gasteiger partial charge on any atom is 0.233 e. The summed E-state index contributed by atoms with van der Waals surface area (Å²) in [5, 5.41) is 8.93. The summed E-state index contributed by atoms with van der Waals surface area (Å²) in [5.74, 6) is 1.35. The molecular weight excluding hydrogens is 272 g/mol. The Labute approximate surface area is 125 Å². The van der Waals surface area contributed by atoms with Crippen LogP contribution in [0.25, 0.3) is 0 Å². The molecule has 0 aliphatic heterocycles. The van der Waals surface area contributed by atoms with Crippen LogP contribution in [0.2, 0.25) is 0 Å². The van der Waals surface area contributed by atoms with Crippen LogP contribution in [0.3, 0.4) is 0 Å². The number of aryl methyl sites for hydroxylation is 1. The first-order valence-corrected chi connectivity index (χ1v) is 7.81. The van der Waals surface area contributed by atoms with Gasteiger partial charge in [-0.1, -0.05) is 17.8 Å². The summed E-state index contributed by atoms with van der Waals surface area (Å²) in [6.45, 7) is 14.4. The van der Waals surface area contributed by atoms with Gasteiger partial charge in [0.2, 0.25) is 5.91 Å². The molecule has 0 saturated heterocycles. The van der Waals surface area contributed by atoms with Crippen molar-refractivity contribution >= 4 is 17.7 Å². The zero-order chi connectivity index (χ0) is 15.3. The van der Waals surface area contributed by atoms with E-state index < -0.39 is 0 Å². The van der Waals surface area contributed by atoms with E-state index in [0.29, 0.717) is 12.3 Å². The number of hydrogen-bond acceptors (Lipinski definition) is 4. The smallest absolute Gasteiger partial charge is 0.233 e. The summed E-state index contributed by atoms with van der Waals surface area (Å²) in [6, 6.07) is 0.409. The largest absolute Gasteiger partial charge is 0.337 e. The first-order chi connectivity index (χ1) is 9.38. The second-order valence-corrected chi connectivity index (χ2v) is 6.15. The van der Waals surface area contributed by atoms with Crippen LogP contribution in [0.15, 0.2) is 17.8 Å². The summed E-state index contributed by atoms with van der Waals surface area (Å²) >= 11 is 1.43. The Balaban J connectivity index is 2.71. The monoisotopic (exact) mass is 296 g/mol. The van der Waals surface area contributed by atoms with Crippen LogP contribution in [0.5, 0.6) is 0 Å². The fourth-order valence-electron chi connectivity index (χ4n) is 2.18. The summed E-state index contributed by atoms with van der Waals surface area (Å²) in [5.41, 5.74) is 0. The predicted molar refractivity (Wildman–Crippen MR) is 82.8 cm³/mol. The van der Waals surface area contributed by atoms with E-state index in [1.54, 1.807) is 6.08 Å². The Morgan fingerprint density at radius 2 is 1.95 bits per heavy atom. The van der Waals surface area contributed by atoms with Gasteiger partial charge in [0, 0.05) is 18.6 Å². The van der Waals surface area contributed by atoms with Crippen LogP contribution in [0.4, 0.5) is 0 Å². The summed E-state index contributed by atoms with van der Waals surface area (Å²) in [7, 11) is 0. The molecule has 0 unspecified atom stereocenters. The Bertz CT molecular complexity index is 460. The number of hydrogen-bond donors (Lipinski definition) is 0. The van der Waals surface area contributed by atoms with Crippen molar-refractivity contribution in [1.29, 1.82) is 0 Å². The number of aromatic nitrogens is 3. The van der Waals surface area contributed by atoms with Gasteiger partial charge in [-0.05, 0) is 34.6 Å². The fourth-order valence-corrected chi connectivity index (χ4v) is 3.04. The van der Waals surface area contributed by atoms with Crippen LogP contribution in [-0.4, -0.2) is 43.4 Å². The van der Waals surface area contributed by atoms with E-state index in [2.05, 4.69) is 16.8 Å². The van der Waals surface area contributed by atoms with Gasteiger partial charge >= 0.3 is 0 Å². The number of thioether (sulfide) groups is 1. The van der Waals surface area contributed by atoms with Crippen molar-refractivity contribution in [2.24, 2.45) is 0 Å². The molecular formula is C14H24N4OS. The standard InChI is InChI=1S/C14H24N4OS/c1-7-8-17-12(6)15-16-14(17)20-9-13(19)18(10(2)3)11(4)5/h7,10-11H,1,8-9H2,2-6H3. The summed E-state index contributed by atoms with van der Waals surface area (Å²) in [4.78, 5) is 14.2. The Morgan fingerprint density at radius 3 is 2.45 bits per heavy atom. The molecule has 1 aromatic rings. The zero-order valence-corrected chi connectivity index (χ0v) is 13.8. The van der Waals surface area contributed by atoms with Gasteiger partial charge in [0.05, 0.1) is 5.75 Å². The highest BCUT2D eigenvalue weighted by atomic mass is 32.2. The summed E-state index contributed by atoms with van der Waals surface area (Å²) in [6.07, 6.45) is 1.80. The van der Waals surface area contributed by atoms with E-state index in [-0.39, 0.29) is 18.0 Å². The van der Waals surface area contributed by atoms with Crippen LogP contribution in [-0.2, 0) is 11.3 Å². The van der Waals surface area contributed by atoms with E-state index in [1.165, 1.54) is 11.8 Å². The Morgan fingerprint density at radius 1 is 1.35 bits per heavy atom. The predicted octanol–water partition coefficient (Wildman–Crippen LogP) is 2.51. The lowest BCUT2D eigenvalue weighted by Crippen LogP contribution is -2.43. The van der Waals surface area contributed by atoms with Gasteiger partial charge in [-0.25, -0.2) is 0 Å². The van der Waals surface area contributed by atoms with Crippen LogP contribution in [0, 0.1) is 6.92 Å². The minimum absolute atomic E-state index is 0.130. The summed E-state index contributed by atoms with van der Waals surface area (Å²) < 4.78 is 1.96. The molecule has 0 aliphatic rings. The Kier molecular flexibility index (Phi) is 6.26. The number of carbonyl (C=O) groups excluding carboxylic acids is 1. The molecule has 0 aliphatic carbocycles. The molecule has 0 saturated carbocycles. The van der Waals surface area contributed by atoms with Gasteiger partial charge in [-0.2, -0.15) is 0 Å². The lowest BCUT2D eigenvalue weighted by molar-refractivity contribution is -0.131. The molecule has 112 valence electrons. The number of allylic oxidation sites excluding steroid dienone is 1. The third kappa shape index (κ3) is 4.10. The number of carbonyl (C=O) groups is 1. The topological polar surface area (TPSA) is 51.0 Å². The van der Waals surface area contributed by atoms with Crippen LogP contribution >= 0.6 is 11.8 Å². The molecule has 0 radical (unpaired) electrons. The zero-order valence-electron chi connectivity index (χ0n) is 13.0. The van der Waals surface area contributed by atoms with Gasteiger partial charge in [-0.15, -0.1) is 16.8 Å². The average Bonchev–Trinajstić information content (AvgIpc) is 2.68. The SMILES string of the molecule is C=CCn1c(C)nnc1SCC(=O)N(C(C)C)C(C)C. The van der Waals surface area contributed by atoms with Gasteiger partial charge in [-0.3, -0.25) is 4.79 Å². The molecule has 6 heteroatoms. The lowest BCUT2D eigenvalue weighted by Gasteiger charge is -2.30. The molecule has 0 bridgehead atoms. The highest BCUT2D eigenvalue weighted by Gasteiger charge is 2.21. The first kappa shape index (κ1) is 16.8. The molecule has 1 amide bonds. The second kappa shape index (κ2) is 7.47. The molecule has 1 rings (SSSR count). The molecule has 1 heterocycles. The molecule has 0 atom stereocenters. The van der Waals surface area contributed by atoms with E-state index in [0.717, 1.165) is 11.0 Å². The lowest BCUT2D eigenvalue weighted by atomic mass is 10.2. The molecule has 1 aromatic heterocycles. The van der Waals surface area contributed by atoms with Gasteiger partial charge in [0.25, 0.3) is 0 Å². The number of amides is 1. The maximum atomic E-state index is 12.3. The molecule has 0 spiro atoms. The van der Waals surface area contributed by atoms with Crippen LogP contribution in [0.1, 0.15) is 33.5 Å². The van der Waals surface area contributed by atoms with Gasteiger partial charge in [0.1, 0.15) is 5.82 Å². The van der Waals surface area contributed by atoms with E-state index >= 15 is 0 Å². The molecule has 0 fully saturated rings. The highest BCUT2D eigenvalue weighted by molar-refractivity contribution is 7.99. The van der Waals surface area contributed by atoms with Crippen LogP contribution < -0.4 is 0 Å². The van der Waals surface area contributed by atoms with Crippen molar-refractivity contribution in [3.8, 4) is 0 Å². The Hall–Kier alpha value is -1.30. The highest BCUT2D eigenvalue weighted by Crippen LogP contribution is 2.18. The number of rotatable bonds is 7. The fraction of sp³-hybridized carbons (Fsp3) is 0.643. The van der Waals surface area contributed by atoms with E-state index in [4.69, 9.17) is 0 Å². The molecule has 20 heavy (non-hydrogen) atoms. The van der Waals surface area contributed by atoms with Crippen molar-refractivity contribution in [3.63, 3.8) is 0 Å². The normalized spacial score (nSPS) is 11.2. The van der Waals surface area contributed by atoms with Gasteiger partial charge < -0.3 is 9.47 Å². The minimum atomic E-state index is 0.130. The van der Waals surface area contributed by atoms with Crippen molar-refractivity contribution in [1.82, 2.24) is 19.7 Å². The second-order valence-electron chi connectivity index (χ2n) is 5.21. The minimum Gasteiger partial charge on any atom is -0.337 e. The van der Waals surface area contributed by atoms with E-state index in [9.17, 15) is 4.79 Å². The average molecular weight is 296 g/mol. The third-order valence-corrected chi connectivity index (χ3v) is 3.89. The van der Waals surface area contributed by atoms with Crippen molar-refractivity contribution in [2.75, 3.05) is 5.75 Å². The quantitative estimate of drug-likeness (QED) is 0.573. The first-order valence-electron chi connectivity index (χ1n) is 6.83. The third-order valence-electron chi connectivity index (χ3n) is 2.94. The van der Waals surface area contributed by atoms with Crippen molar-refractivity contribution in [2.45, 2.75) is 58.4 Å². The molecule has 0 N–H and O–H groups in total. The molecule has 0 aromatic carbocycles. The number of nitrogens with zero attached hydrogens (tertiary/aromatic N) is 4. The van der Waals surface area contributed by atoms with Gasteiger partial charge in [0.15, 0.2) is 5.16 Å². The van der Waals surface area contributed by atoms with E-state index in [1.807, 2.05) is 44.1 Å².